The van der Waals surface area contributed by atoms with Gasteiger partial charge in [-0.3, -0.25) is 4.79 Å². The second-order valence-corrected chi connectivity index (χ2v) is 6.89. The van der Waals surface area contributed by atoms with Crippen LogP contribution in [-0.2, 0) is 17.4 Å². The molecule has 0 unspecified atom stereocenters. The van der Waals surface area contributed by atoms with Crippen molar-refractivity contribution in [3.63, 3.8) is 0 Å². The van der Waals surface area contributed by atoms with Crippen LogP contribution in [0, 0.1) is 12.7 Å². The van der Waals surface area contributed by atoms with Crippen molar-refractivity contribution in [2.24, 2.45) is 0 Å². The molecular weight excluding hydrogens is 394 g/mol. The summed E-state index contributed by atoms with van der Waals surface area (Å²) < 4.78 is 51.8. The lowest BCUT2D eigenvalue weighted by atomic mass is 10.2. The Morgan fingerprint density at radius 3 is 2.64 bits per heavy atom. The van der Waals surface area contributed by atoms with Crippen LogP contribution in [0.25, 0.3) is 0 Å². The quantitative estimate of drug-likeness (QED) is 0.545. The van der Waals surface area contributed by atoms with Gasteiger partial charge in [0.1, 0.15) is 5.82 Å². The van der Waals surface area contributed by atoms with Crippen molar-refractivity contribution in [2.75, 3.05) is 10.6 Å². The van der Waals surface area contributed by atoms with Crippen molar-refractivity contribution in [2.45, 2.75) is 19.5 Å². The van der Waals surface area contributed by atoms with Crippen LogP contribution in [0.15, 0.2) is 47.8 Å². The predicted molar refractivity (Wildman–Crippen MR) is 100 cm³/mol. The highest BCUT2D eigenvalue weighted by molar-refractivity contribution is 7.13. The summed E-state index contributed by atoms with van der Waals surface area (Å²) in [6.07, 6.45) is -4.48. The first-order chi connectivity index (χ1) is 13.2. The monoisotopic (exact) mass is 409 g/mol. The summed E-state index contributed by atoms with van der Waals surface area (Å²) in [4.78, 5) is 16.3. The number of nitrogens with zero attached hydrogens (tertiary/aromatic N) is 1. The van der Waals surface area contributed by atoms with Crippen LogP contribution in [0.2, 0.25) is 0 Å². The first-order valence-electron chi connectivity index (χ1n) is 8.15. The molecule has 3 rings (SSSR count). The Morgan fingerprint density at radius 2 is 1.93 bits per heavy atom. The number of aromatic nitrogens is 1. The summed E-state index contributed by atoms with van der Waals surface area (Å²) in [5, 5.41) is 7.38. The molecule has 0 saturated carbocycles. The van der Waals surface area contributed by atoms with E-state index in [1.165, 1.54) is 29.5 Å². The molecule has 1 heterocycles. The van der Waals surface area contributed by atoms with Crippen LogP contribution in [-0.4, -0.2) is 10.9 Å². The van der Waals surface area contributed by atoms with Gasteiger partial charge in [-0.25, -0.2) is 9.37 Å². The van der Waals surface area contributed by atoms with Crippen molar-refractivity contribution >= 4 is 33.8 Å². The smallest absolute Gasteiger partial charge is 0.332 e. The van der Waals surface area contributed by atoms with Crippen molar-refractivity contribution in [3.8, 4) is 0 Å². The number of carbonyl (C=O) groups is 1. The fourth-order valence-corrected chi connectivity index (χ4v) is 3.11. The lowest BCUT2D eigenvalue weighted by molar-refractivity contribution is -0.137. The largest absolute Gasteiger partial charge is 0.416 e. The maximum Gasteiger partial charge on any atom is 0.416 e. The minimum atomic E-state index is -4.43. The maximum absolute atomic E-state index is 13.5. The van der Waals surface area contributed by atoms with Gasteiger partial charge in [-0.05, 0) is 42.8 Å². The molecule has 0 bridgehead atoms. The average Bonchev–Trinajstić information content (AvgIpc) is 3.04. The predicted octanol–water partition coefficient (Wildman–Crippen LogP) is 5.53. The van der Waals surface area contributed by atoms with Gasteiger partial charge in [-0.2, -0.15) is 13.2 Å². The number of aryl methyl sites for hydroxylation is 1. The van der Waals surface area contributed by atoms with Crippen molar-refractivity contribution in [1.29, 1.82) is 0 Å². The average molecular weight is 409 g/mol. The van der Waals surface area contributed by atoms with Crippen LogP contribution in [0.4, 0.5) is 34.1 Å². The molecule has 0 saturated heterocycles. The SMILES string of the molecule is Cc1ccc(NC(=O)Cc2csc(Nc3cccc(C(F)(F)F)c3)n2)cc1F. The molecular formula is C19H15F4N3OS. The Kier molecular flexibility index (Phi) is 5.64. The Hall–Kier alpha value is -2.94. The standard InChI is InChI=1S/C19H15F4N3OS/c1-11-5-6-14(8-16(11)20)24-17(27)9-15-10-28-18(26-15)25-13-4-2-3-12(7-13)19(21,22)23/h2-8,10H,9H2,1H3,(H,24,27)(H,25,26). The number of hydrogen-bond acceptors (Lipinski definition) is 4. The Morgan fingerprint density at radius 1 is 1.14 bits per heavy atom. The first-order valence-corrected chi connectivity index (χ1v) is 9.03. The second-order valence-electron chi connectivity index (χ2n) is 6.04. The lowest BCUT2D eigenvalue weighted by Crippen LogP contribution is -2.14. The summed E-state index contributed by atoms with van der Waals surface area (Å²) in [7, 11) is 0. The van der Waals surface area contributed by atoms with Crippen molar-refractivity contribution < 1.29 is 22.4 Å². The molecule has 146 valence electrons. The highest BCUT2D eigenvalue weighted by Crippen LogP contribution is 2.31. The molecule has 0 atom stereocenters. The summed E-state index contributed by atoms with van der Waals surface area (Å²) >= 11 is 1.17. The van der Waals surface area contributed by atoms with Crippen LogP contribution in [0.3, 0.4) is 0 Å². The van der Waals surface area contributed by atoms with Gasteiger partial charge in [0.15, 0.2) is 5.13 Å². The van der Waals surface area contributed by atoms with E-state index in [0.717, 1.165) is 12.1 Å². The topological polar surface area (TPSA) is 54.0 Å². The van der Waals surface area contributed by atoms with E-state index in [9.17, 15) is 22.4 Å². The molecule has 28 heavy (non-hydrogen) atoms. The van der Waals surface area contributed by atoms with E-state index < -0.39 is 17.6 Å². The van der Waals surface area contributed by atoms with E-state index >= 15 is 0 Å². The molecule has 4 nitrogen and oxygen atoms in total. The molecule has 9 heteroatoms. The molecule has 0 radical (unpaired) electrons. The Balaban J connectivity index is 1.62. The summed E-state index contributed by atoms with van der Waals surface area (Å²) in [5.74, 6) is -0.793. The third-order valence-electron chi connectivity index (χ3n) is 3.79. The van der Waals surface area contributed by atoms with Gasteiger partial charge in [0.05, 0.1) is 17.7 Å². The molecule has 1 aromatic heterocycles. The van der Waals surface area contributed by atoms with Crippen molar-refractivity contribution in [1.82, 2.24) is 4.98 Å². The molecule has 0 fully saturated rings. The number of alkyl halides is 3. The third-order valence-corrected chi connectivity index (χ3v) is 4.60. The van der Waals surface area contributed by atoms with E-state index in [1.54, 1.807) is 24.4 Å². The number of nitrogens with one attached hydrogen (secondary N) is 2. The van der Waals surface area contributed by atoms with E-state index in [2.05, 4.69) is 15.6 Å². The van der Waals surface area contributed by atoms with Gasteiger partial charge in [-0.1, -0.05) is 12.1 Å². The van der Waals surface area contributed by atoms with Gasteiger partial charge in [-0.15, -0.1) is 11.3 Å². The fourth-order valence-electron chi connectivity index (χ4n) is 2.38. The number of rotatable bonds is 5. The van der Waals surface area contributed by atoms with Crippen LogP contribution in [0.5, 0.6) is 0 Å². The summed E-state index contributed by atoms with van der Waals surface area (Å²) in [5.41, 5.74) is 0.743. The number of carbonyl (C=O) groups excluding carboxylic acids is 1. The number of anilines is 3. The lowest BCUT2D eigenvalue weighted by Gasteiger charge is -2.09. The normalized spacial score (nSPS) is 11.3. The van der Waals surface area contributed by atoms with Gasteiger partial charge in [0.2, 0.25) is 5.91 Å². The zero-order valence-corrected chi connectivity index (χ0v) is 15.4. The van der Waals surface area contributed by atoms with E-state index in [1.807, 2.05) is 0 Å². The maximum atomic E-state index is 13.5. The number of amides is 1. The zero-order chi connectivity index (χ0) is 20.3. The first kappa shape index (κ1) is 19.8. The van der Waals surface area contributed by atoms with Gasteiger partial charge in [0.25, 0.3) is 0 Å². The number of halogens is 4. The van der Waals surface area contributed by atoms with Gasteiger partial charge in [0, 0.05) is 16.8 Å². The van der Waals surface area contributed by atoms with Crippen LogP contribution >= 0.6 is 11.3 Å². The summed E-state index contributed by atoms with van der Waals surface area (Å²) in [6.45, 7) is 1.62. The third kappa shape index (κ3) is 5.07. The highest BCUT2D eigenvalue weighted by atomic mass is 32.1. The molecule has 0 spiro atoms. The molecule has 1 amide bonds. The minimum absolute atomic E-state index is 0.0454. The number of benzene rings is 2. The molecule has 0 aliphatic heterocycles. The van der Waals surface area contributed by atoms with Gasteiger partial charge >= 0.3 is 6.18 Å². The number of hydrogen-bond donors (Lipinski definition) is 2. The summed E-state index contributed by atoms with van der Waals surface area (Å²) in [6, 6.07) is 9.15. The fraction of sp³-hybridized carbons (Fsp3) is 0.158. The highest BCUT2D eigenvalue weighted by Gasteiger charge is 2.30. The second kappa shape index (κ2) is 7.97. The van der Waals surface area contributed by atoms with E-state index in [0.29, 0.717) is 22.1 Å². The Labute approximate surface area is 162 Å². The van der Waals surface area contributed by atoms with Crippen LogP contribution in [0.1, 0.15) is 16.8 Å². The Bertz CT molecular complexity index is 1000. The molecule has 0 aliphatic carbocycles. The van der Waals surface area contributed by atoms with Crippen molar-refractivity contribution in [3.05, 3.63) is 70.5 Å². The van der Waals surface area contributed by atoms with Crippen LogP contribution < -0.4 is 10.6 Å². The number of thiazole rings is 1. The minimum Gasteiger partial charge on any atom is -0.332 e. The van der Waals surface area contributed by atoms with Gasteiger partial charge < -0.3 is 10.6 Å². The molecule has 3 aromatic rings. The molecule has 2 aromatic carbocycles. The molecule has 2 N–H and O–H groups in total. The van der Waals surface area contributed by atoms with E-state index in [-0.39, 0.29) is 18.0 Å². The molecule has 0 aliphatic rings. The van der Waals surface area contributed by atoms with E-state index in [4.69, 9.17) is 0 Å². The zero-order valence-electron chi connectivity index (χ0n) is 14.6.